The second-order valence-electron chi connectivity index (χ2n) is 4.99. The Morgan fingerprint density at radius 1 is 1.15 bits per heavy atom. The maximum absolute atomic E-state index is 11.0. The molecule has 0 radical (unpaired) electrons. The van der Waals surface area contributed by atoms with Crippen LogP contribution in [-0.2, 0) is 6.42 Å². The molecule has 0 fully saturated rings. The van der Waals surface area contributed by atoms with Gasteiger partial charge in [0.25, 0.3) is 5.69 Å². The van der Waals surface area contributed by atoms with Gasteiger partial charge in [0.05, 0.1) is 4.92 Å². The summed E-state index contributed by atoms with van der Waals surface area (Å²) in [7, 11) is 0. The highest BCUT2D eigenvalue weighted by Gasteiger charge is 2.17. The molecule has 2 N–H and O–H groups in total. The summed E-state index contributed by atoms with van der Waals surface area (Å²) < 4.78 is 0. The van der Waals surface area contributed by atoms with Crippen LogP contribution in [-0.4, -0.2) is 4.92 Å². The number of para-hydroxylation sites is 1. The molecule has 0 amide bonds. The van der Waals surface area contributed by atoms with Crippen molar-refractivity contribution in [2.45, 2.75) is 26.3 Å². The van der Waals surface area contributed by atoms with Crippen molar-refractivity contribution in [1.82, 2.24) is 0 Å². The van der Waals surface area contributed by atoms with Gasteiger partial charge >= 0.3 is 0 Å². The lowest BCUT2D eigenvalue weighted by Crippen LogP contribution is -2.15. The summed E-state index contributed by atoms with van der Waals surface area (Å²) in [5.41, 5.74) is 10.4. The number of nitrogens with two attached hydrogens (primary N) is 1. The molecular formula is C16H18N2O2. The Balaban J connectivity index is 2.30. The van der Waals surface area contributed by atoms with Crippen molar-refractivity contribution in [3.63, 3.8) is 0 Å². The van der Waals surface area contributed by atoms with E-state index in [0.29, 0.717) is 12.0 Å². The SMILES string of the molecule is Cc1cccc(C(N)Cc2ccccc2[N+](=O)[O-])c1C. The van der Waals surface area contributed by atoms with E-state index >= 15 is 0 Å². The van der Waals surface area contributed by atoms with Crippen LogP contribution >= 0.6 is 0 Å². The fourth-order valence-corrected chi connectivity index (χ4v) is 2.38. The summed E-state index contributed by atoms with van der Waals surface area (Å²) in [5, 5.41) is 11.0. The van der Waals surface area contributed by atoms with E-state index in [1.54, 1.807) is 18.2 Å². The van der Waals surface area contributed by atoms with Crippen molar-refractivity contribution in [3.8, 4) is 0 Å². The second kappa shape index (κ2) is 5.84. The van der Waals surface area contributed by atoms with Gasteiger partial charge in [0.2, 0.25) is 0 Å². The van der Waals surface area contributed by atoms with E-state index in [-0.39, 0.29) is 16.7 Å². The van der Waals surface area contributed by atoms with Crippen LogP contribution in [0.1, 0.15) is 28.3 Å². The van der Waals surface area contributed by atoms with E-state index in [1.807, 2.05) is 32.0 Å². The standard InChI is InChI=1S/C16H18N2O2/c1-11-6-5-8-14(12(11)2)15(17)10-13-7-3-4-9-16(13)18(19)20/h3-9,15H,10,17H2,1-2H3. The predicted molar refractivity (Wildman–Crippen MR) is 79.6 cm³/mol. The van der Waals surface area contributed by atoms with Crippen molar-refractivity contribution >= 4 is 5.69 Å². The lowest BCUT2D eigenvalue weighted by atomic mass is 9.93. The minimum absolute atomic E-state index is 0.133. The second-order valence-corrected chi connectivity index (χ2v) is 4.99. The number of hydrogen-bond donors (Lipinski definition) is 1. The van der Waals surface area contributed by atoms with E-state index in [2.05, 4.69) is 0 Å². The summed E-state index contributed by atoms with van der Waals surface area (Å²) in [5.74, 6) is 0. The van der Waals surface area contributed by atoms with Crippen molar-refractivity contribution in [3.05, 3.63) is 74.8 Å². The summed E-state index contributed by atoms with van der Waals surface area (Å²) in [6.07, 6.45) is 0.460. The normalized spacial score (nSPS) is 12.2. The van der Waals surface area contributed by atoms with E-state index < -0.39 is 0 Å². The van der Waals surface area contributed by atoms with Crippen LogP contribution in [0, 0.1) is 24.0 Å². The van der Waals surface area contributed by atoms with Crippen molar-refractivity contribution in [1.29, 1.82) is 0 Å². The fourth-order valence-electron chi connectivity index (χ4n) is 2.38. The molecule has 1 unspecified atom stereocenters. The molecular weight excluding hydrogens is 252 g/mol. The van der Waals surface area contributed by atoms with Gasteiger partial charge in [0, 0.05) is 17.7 Å². The Labute approximate surface area is 118 Å². The molecule has 104 valence electrons. The topological polar surface area (TPSA) is 69.2 Å². The van der Waals surface area contributed by atoms with Gasteiger partial charge in [-0.3, -0.25) is 10.1 Å². The van der Waals surface area contributed by atoms with E-state index in [9.17, 15) is 10.1 Å². The quantitative estimate of drug-likeness (QED) is 0.683. The first kappa shape index (κ1) is 14.2. The molecule has 0 aliphatic rings. The van der Waals surface area contributed by atoms with Crippen LogP contribution in [0.5, 0.6) is 0 Å². The van der Waals surface area contributed by atoms with Gasteiger partial charge < -0.3 is 5.73 Å². The molecule has 0 aliphatic heterocycles. The van der Waals surface area contributed by atoms with Crippen molar-refractivity contribution in [2.24, 2.45) is 5.73 Å². The maximum Gasteiger partial charge on any atom is 0.272 e. The molecule has 2 aromatic rings. The van der Waals surface area contributed by atoms with Crippen molar-refractivity contribution in [2.75, 3.05) is 0 Å². The summed E-state index contributed by atoms with van der Waals surface area (Å²) in [6, 6.07) is 12.5. The fraction of sp³-hybridized carbons (Fsp3) is 0.250. The molecule has 4 nitrogen and oxygen atoms in total. The molecule has 0 bridgehead atoms. The van der Waals surface area contributed by atoms with Crippen molar-refractivity contribution < 1.29 is 4.92 Å². The number of nitro benzene ring substituents is 1. The van der Waals surface area contributed by atoms with Crippen LogP contribution in [0.25, 0.3) is 0 Å². The minimum Gasteiger partial charge on any atom is -0.324 e. The Hall–Kier alpha value is -2.20. The van der Waals surface area contributed by atoms with Crippen LogP contribution in [0.2, 0.25) is 0 Å². The highest BCUT2D eigenvalue weighted by atomic mass is 16.6. The molecule has 0 heterocycles. The van der Waals surface area contributed by atoms with Gasteiger partial charge in [-0.2, -0.15) is 0 Å². The predicted octanol–water partition coefficient (Wildman–Crippen LogP) is 3.45. The van der Waals surface area contributed by atoms with E-state index in [1.165, 1.54) is 11.6 Å². The van der Waals surface area contributed by atoms with Gasteiger partial charge in [-0.05, 0) is 37.0 Å². The zero-order chi connectivity index (χ0) is 14.7. The molecule has 0 spiro atoms. The largest absolute Gasteiger partial charge is 0.324 e. The highest BCUT2D eigenvalue weighted by molar-refractivity contribution is 5.42. The Morgan fingerprint density at radius 3 is 2.55 bits per heavy atom. The molecule has 1 atom stereocenters. The van der Waals surface area contributed by atoms with Gasteiger partial charge in [-0.15, -0.1) is 0 Å². The maximum atomic E-state index is 11.0. The van der Waals surface area contributed by atoms with Gasteiger partial charge in [-0.25, -0.2) is 0 Å². The van der Waals surface area contributed by atoms with Crippen LogP contribution in [0.15, 0.2) is 42.5 Å². The zero-order valence-corrected chi connectivity index (χ0v) is 11.7. The first-order valence-electron chi connectivity index (χ1n) is 6.54. The third-order valence-corrected chi connectivity index (χ3v) is 3.67. The monoisotopic (exact) mass is 270 g/mol. The molecule has 20 heavy (non-hydrogen) atoms. The van der Waals surface area contributed by atoms with Gasteiger partial charge in [-0.1, -0.05) is 36.4 Å². The average Bonchev–Trinajstić information content (AvgIpc) is 2.42. The lowest BCUT2D eigenvalue weighted by Gasteiger charge is -2.16. The third kappa shape index (κ3) is 2.86. The first-order chi connectivity index (χ1) is 9.50. The molecule has 2 aromatic carbocycles. The summed E-state index contributed by atoms with van der Waals surface area (Å²) >= 11 is 0. The highest BCUT2D eigenvalue weighted by Crippen LogP contribution is 2.26. The summed E-state index contributed by atoms with van der Waals surface area (Å²) in [6.45, 7) is 4.07. The number of nitro groups is 1. The average molecular weight is 270 g/mol. The Bertz CT molecular complexity index is 638. The van der Waals surface area contributed by atoms with E-state index in [0.717, 1.165) is 11.1 Å². The number of aryl methyl sites for hydroxylation is 1. The zero-order valence-electron chi connectivity index (χ0n) is 11.7. The van der Waals surface area contributed by atoms with Crippen LogP contribution in [0.4, 0.5) is 5.69 Å². The van der Waals surface area contributed by atoms with Crippen LogP contribution < -0.4 is 5.73 Å². The Kier molecular flexibility index (Phi) is 4.15. The molecule has 2 rings (SSSR count). The smallest absolute Gasteiger partial charge is 0.272 e. The van der Waals surface area contributed by atoms with Gasteiger partial charge in [0.15, 0.2) is 0 Å². The minimum atomic E-state index is -0.356. The number of hydrogen-bond acceptors (Lipinski definition) is 3. The number of rotatable bonds is 4. The number of benzene rings is 2. The summed E-state index contributed by atoms with van der Waals surface area (Å²) in [4.78, 5) is 10.7. The Morgan fingerprint density at radius 2 is 1.85 bits per heavy atom. The van der Waals surface area contributed by atoms with E-state index in [4.69, 9.17) is 5.73 Å². The molecule has 0 aromatic heterocycles. The lowest BCUT2D eigenvalue weighted by molar-refractivity contribution is -0.385. The molecule has 0 saturated carbocycles. The molecule has 4 heteroatoms. The molecule has 0 saturated heterocycles. The molecule has 0 aliphatic carbocycles. The van der Waals surface area contributed by atoms with Crippen LogP contribution in [0.3, 0.4) is 0 Å². The number of nitrogens with zero attached hydrogens (tertiary/aromatic N) is 1. The van der Waals surface area contributed by atoms with Gasteiger partial charge in [0.1, 0.15) is 0 Å². The first-order valence-corrected chi connectivity index (χ1v) is 6.54. The third-order valence-electron chi connectivity index (χ3n) is 3.67.